The minimum absolute atomic E-state index is 0.646. The second-order valence-electron chi connectivity index (χ2n) is 5.70. The molecule has 2 nitrogen and oxygen atoms in total. The molecule has 1 aliphatic rings. The van der Waals surface area contributed by atoms with Crippen molar-refractivity contribution >= 4 is 0 Å². The van der Waals surface area contributed by atoms with E-state index in [1.807, 2.05) is 0 Å². The maximum absolute atomic E-state index is 3.52. The van der Waals surface area contributed by atoms with Crippen LogP contribution in [0.5, 0.6) is 0 Å². The van der Waals surface area contributed by atoms with Crippen LogP contribution in [0.3, 0.4) is 0 Å². The predicted octanol–water partition coefficient (Wildman–Crippen LogP) is 2.55. The van der Waals surface area contributed by atoms with Crippen LogP contribution in [-0.2, 0) is 6.42 Å². The van der Waals surface area contributed by atoms with Gasteiger partial charge in [0.25, 0.3) is 0 Å². The molecule has 0 amide bonds. The Kier molecular flexibility index (Phi) is 5.21. The molecule has 1 heterocycles. The highest BCUT2D eigenvalue weighted by Crippen LogP contribution is 2.12. The lowest BCUT2D eigenvalue weighted by Gasteiger charge is -2.33. The Labute approximate surface area is 111 Å². The maximum Gasteiger partial charge on any atom is 0.0107 e. The minimum Gasteiger partial charge on any atom is -0.316 e. The minimum atomic E-state index is 0.646. The molecule has 1 aromatic carbocycles. The van der Waals surface area contributed by atoms with E-state index in [-0.39, 0.29) is 0 Å². The molecule has 18 heavy (non-hydrogen) atoms. The molecule has 0 bridgehead atoms. The Bertz CT molecular complexity index is 336. The van der Waals surface area contributed by atoms with Gasteiger partial charge in [0.05, 0.1) is 0 Å². The highest BCUT2D eigenvalue weighted by Gasteiger charge is 2.18. The van der Waals surface area contributed by atoms with E-state index in [4.69, 9.17) is 0 Å². The second kappa shape index (κ2) is 6.91. The summed E-state index contributed by atoms with van der Waals surface area (Å²) >= 11 is 0. The van der Waals surface area contributed by atoms with Crippen molar-refractivity contribution in [2.45, 2.75) is 32.7 Å². The molecule has 2 atom stereocenters. The summed E-state index contributed by atoms with van der Waals surface area (Å²) in [5.74, 6) is 0.753. The fourth-order valence-corrected chi connectivity index (χ4v) is 2.80. The van der Waals surface area contributed by atoms with E-state index in [0.29, 0.717) is 6.04 Å². The van der Waals surface area contributed by atoms with Gasteiger partial charge in [-0.1, -0.05) is 37.3 Å². The Morgan fingerprint density at radius 3 is 2.89 bits per heavy atom. The number of benzene rings is 1. The van der Waals surface area contributed by atoms with Crippen LogP contribution < -0.4 is 5.32 Å². The van der Waals surface area contributed by atoms with Crippen molar-refractivity contribution in [1.82, 2.24) is 10.2 Å². The summed E-state index contributed by atoms with van der Waals surface area (Å²) in [5, 5.41) is 3.52. The standard InChI is InChI=1S/C16H26N2/c1-14-12-17-9-6-10-18(13-14)15(2)11-16-7-4-3-5-8-16/h3-5,7-8,14-15,17H,6,9-13H2,1-2H3. The summed E-state index contributed by atoms with van der Waals surface area (Å²) in [6.07, 6.45) is 2.44. The molecule has 2 heteroatoms. The Morgan fingerprint density at radius 1 is 1.33 bits per heavy atom. The highest BCUT2D eigenvalue weighted by molar-refractivity contribution is 5.15. The smallest absolute Gasteiger partial charge is 0.0107 e. The first kappa shape index (κ1) is 13.6. The monoisotopic (exact) mass is 246 g/mol. The summed E-state index contributed by atoms with van der Waals surface area (Å²) in [5.41, 5.74) is 1.46. The van der Waals surface area contributed by atoms with Crippen LogP contribution in [-0.4, -0.2) is 37.1 Å². The summed E-state index contributed by atoms with van der Waals surface area (Å²) < 4.78 is 0. The fourth-order valence-electron chi connectivity index (χ4n) is 2.80. The summed E-state index contributed by atoms with van der Waals surface area (Å²) in [6, 6.07) is 11.5. The number of nitrogens with zero attached hydrogens (tertiary/aromatic N) is 1. The van der Waals surface area contributed by atoms with Gasteiger partial charge in [0.2, 0.25) is 0 Å². The van der Waals surface area contributed by atoms with E-state index in [0.717, 1.165) is 12.5 Å². The Hall–Kier alpha value is -0.860. The van der Waals surface area contributed by atoms with Gasteiger partial charge >= 0.3 is 0 Å². The van der Waals surface area contributed by atoms with Crippen molar-refractivity contribution in [2.24, 2.45) is 5.92 Å². The van der Waals surface area contributed by atoms with Gasteiger partial charge in [0.15, 0.2) is 0 Å². The van der Waals surface area contributed by atoms with Crippen LogP contribution in [0.2, 0.25) is 0 Å². The zero-order chi connectivity index (χ0) is 12.8. The topological polar surface area (TPSA) is 15.3 Å². The highest BCUT2D eigenvalue weighted by atomic mass is 15.2. The van der Waals surface area contributed by atoms with E-state index in [1.54, 1.807) is 0 Å². The molecular weight excluding hydrogens is 220 g/mol. The third-order valence-corrected chi connectivity index (χ3v) is 3.84. The quantitative estimate of drug-likeness (QED) is 0.882. The molecule has 2 unspecified atom stereocenters. The summed E-state index contributed by atoms with van der Waals surface area (Å²) in [6.45, 7) is 9.50. The number of rotatable bonds is 3. The Balaban J connectivity index is 1.91. The van der Waals surface area contributed by atoms with Crippen LogP contribution >= 0.6 is 0 Å². The van der Waals surface area contributed by atoms with E-state index in [1.165, 1.54) is 38.0 Å². The van der Waals surface area contributed by atoms with Crippen molar-refractivity contribution in [3.05, 3.63) is 35.9 Å². The fraction of sp³-hybridized carbons (Fsp3) is 0.625. The van der Waals surface area contributed by atoms with E-state index in [2.05, 4.69) is 54.4 Å². The van der Waals surface area contributed by atoms with Gasteiger partial charge in [-0.25, -0.2) is 0 Å². The zero-order valence-corrected chi connectivity index (χ0v) is 11.7. The van der Waals surface area contributed by atoms with Crippen LogP contribution in [0.4, 0.5) is 0 Å². The summed E-state index contributed by atoms with van der Waals surface area (Å²) in [7, 11) is 0. The molecule has 1 aromatic rings. The average molecular weight is 246 g/mol. The van der Waals surface area contributed by atoms with E-state index < -0.39 is 0 Å². The predicted molar refractivity (Wildman–Crippen MR) is 77.8 cm³/mol. The normalized spacial score (nSPS) is 24.2. The van der Waals surface area contributed by atoms with Crippen LogP contribution in [0.25, 0.3) is 0 Å². The van der Waals surface area contributed by atoms with Gasteiger partial charge in [0, 0.05) is 12.6 Å². The largest absolute Gasteiger partial charge is 0.316 e. The Morgan fingerprint density at radius 2 is 2.11 bits per heavy atom. The van der Waals surface area contributed by atoms with Gasteiger partial charge in [-0.15, -0.1) is 0 Å². The maximum atomic E-state index is 3.52. The molecule has 0 saturated carbocycles. The van der Waals surface area contributed by atoms with Crippen molar-refractivity contribution < 1.29 is 0 Å². The van der Waals surface area contributed by atoms with Crippen LogP contribution in [0.15, 0.2) is 30.3 Å². The van der Waals surface area contributed by atoms with Gasteiger partial charge in [-0.3, -0.25) is 4.90 Å². The first-order chi connectivity index (χ1) is 8.75. The van der Waals surface area contributed by atoms with Gasteiger partial charge in [-0.05, 0) is 50.9 Å². The number of nitrogens with one attached hydrogen (secondary N) is 1. The molecule has 1 saturated heterocycles. The van der Waals surface area contributed by atoms with Gasteiger partial charge < -0.3 is 5.32 Å². The SMILES string of the molecule is CC1CNCCCN(C(C)Cc2ccccc2)C1. The first-order valence-electron chi connectivity index (χ1n) is 7.24. The lowest BCUT2D eigenvalue weighted by atomic mass is 10.0. The van der Waals surface area contributed by atoms with Gasteiger partial charge in [-0.2, -0.15) is 0 Å². The average Bonchev–Trinajstić information content (AvgIpc) is 2.34. The lowest BCUT2D eigenvalue weighted by Crippen LogP contribution is -2.43. The summed E-state index contributed by atoms with van der Waals surface area (Å²) in [4.78, 5) is 2.67. The van der Waals surface area contributed by atoms with Crippen molar-refractivity contribution in [3.8, 4) is 0 Å². The third-order valence-electron chi connectivity index (χ3n) is 3.84. The molecule has 0 radical (unpaired) electrons. The second-order valence-corrected chi connectivity index (χ2v) is 5.70. The lowest BCUT2D eigenvalue weighted by molar-refractivity contribution is 0.165. The van der Waals surface area contributed by atoms with Crippen molar-refractivity contribution in [2.75, 3.05) is 26.2 Å². The molecule has 0 spiro atoms. The number of hydrogen-bond acceptors (Lipinski definition) is 2. The molecular formula is C16H26N2. The molecule has 0 aliphatic carbocycles. The van der Waals surface area contributed by atoms with Crippen molar-refractivity contribution in [3.63, 3.8) is 0 Å². The first-order valence-corrected chi connectivity index (χ1v) is 7.24. The van der Waals surface area contributed by atoms with E-state index >= 15 is 0 Å². The van der Waals surface area contributed by atoms with Crippen molar-refractivity contribution in [1.29, 1.82) is 0 Å². The molecule has 2 rings (SSSR count). The molecule has 100 valence electrons. The molecule has 0 aromatic heterocycles. The third kappa shape index (κ3) is 4.11. The van der Waals surface area contributed by atoms with Crippen LogP contribution in [0.1, 0.15) is 25.8 Å². The molecule has 1 N–H and O–H groups in total. The number of hydrogen-bond donors (Lipinski definition) is 1. The van der Waals surface area contributed by atoms with Gasteiger partial charge in [0.1, 0.15) is 0 Å². The molecule has 1 fully saturated rings. The zero-order valence-electron chi connectivity index (χ0n) is 11.7. The molecule has 1 aliphatic heterocycles. The van der Waals surface area contributed by atoms with Crippen LogP contribution in [0, 0.1) is 5.92 Å². The van der Waals surface area contributed by atoms with E-state index in [9.17, 15) is 0 Å².